The molecule has 1 aromatic heterocycles. The van der Waals surface area contributed by atoms with Crippen molar-refractivity contribution in [3.63, 3.8) is 0 Å². The summed E-state index contributed by atoms with van der Waals surface area (Å²) in [5.74, 6) is 1.73. The van der Waals surface area contributed by atoms with Crippen LogP contribution in [0.1, 0.15) is 12.0 Å². The minimum atomic E-state index is -0.616. The lowest BCUT2D eigenvalue weighted by atomic mass is 10.2. The Labute approximate surface area is 193 Å². The van der Waals surface area contributed by atoms with Gasteiger partial charge in [-0.25, -0.2) is 4.98 Å². The van der Waals surface area contributed by atoms with Crippen molar-refractivity contribution in [3.8, 4) is 5.75 Å². The second-order valence-corrected chi connectivity index (χ2v) is 8.33. The summed E-state index contributed by atoms with van der Waals surface area (Å²) in [4.78, 5) is 31.7. The van der Waals surface area contributed by atoms with Gasteiger partial charge in [0, 0.05) is 25.8 Å². The molecule has 1 aromatic carbocycles. The molecule has 3 rings (SSSR count). The third-order valence-electron chi connectivity index (χ3n) is 4.99. The number of para-hydroxylation sites is 1. The number of hydrogen-bond acceptors (Lipinski definition) is 7. The van der Waals surface area contributed by atoms with E-state index in [2.05, 4.69) is 20.5 Å². The van der Waals surface area contributed by atoms with Crippen LogP contribution in [0.15, 0.2) is 48.7 Å². The van der Waals surface area contributed by atoms with E-state index in [0.717, 1.165) is 30.2 Å². The fraction of sp³-hybridized carbons (Fsp3) is 0.435. The van der Waals surface area contributed by atoms with Crippen LogP contribution < -0.4 is 20.3 Å². The van der Waals surface area contributed by atoms with Crippen molar-refractivity contribution in [3.05, 3.63) is 54.2 Å². The van der Waals surface area contributed by atoms with Gasteiger partial charge in [0.15, 0.2) is 6.61 Å². The van der Waals surface area contributed by atoms with Gasteiger partial charge in [-0.2, -0.15) is 11.8 Å². The fourth-order valence-corrected chi connectivity index (χ4v) is 3.69. The Hall–Kier alpha value is -2.78. The van der Waals surface area contributed by atoms with Gasteiger partial charge in [0.05, 0.1) is 13.2 Å². The summed E-state index contributed by atoms with van der Waals surface area (Å²) < 4.78 is 10.8. The van der Waals surface area contributed by atoms with E-state index >= 15 is 0 Å². The lowest BCUT2D eigenvalue weighted by Crippen LogP contribution is -2.48. The molecule has 1 saturated heterocycles. The lowest BCUT2D eigenvalue weighted by molar-refractivity contribution is -0.130. The van der Waals surface area contributed by atoms with Gasteiger partial charge >= 0.3 is 0 Å². The normalized spacial score (nSPS) is 14.5. The highest BCUT2D eigenvalue weighted by molar-refractivity contribution is 7.98. The number of aromatic nitrogens is 1. The second kappa shape index (κ2) is 12.9. The molecule has 0 bridgehead atoms. The van der Waals surface area contributed by atoms with E-state index in [1.54, 1.807) is 30.1 Å². The molecule has 0 saturated carbocycles. The van der Waals surface area contributed by atoms with Crippen molar-refractivity contribution in [2.75, 3.05) is 49.8 Å². The molecule has 2 heterocycles. The molecule has 2 aromatic rings. The van der Waals surface area contributed by atoms with Crippen LogP contribution in [-0.4, -0.2) is 67.8 Å². The molecule has 0 radical (unpaired) electrons. The molecule has 9 heteroatoms. The molecule has 0 aliphatic carbocycles. The van der Waals surface area contributed by atoms with Crippen LogP contribution in [0, 0.1) is 0 Å². The molecular weight excluding hydrogens is 428 g/mol. The van der Waals surface area contributed by atoms with Gasteiger partial charge in [-0.3, -0.25) is 9.59 Å². The third kappa shape index (κ3) is 7.72. The number of nitrogens with one attached hydrogen (secondary N) is 2. The summed E-state index contributed by atoms with van der Waals surface area (Å²) in [6.45, 7) is 3.28. The Morgan fingerprint density at radius 2 is 1.97 bits per heavy atom. The Bertz CT molecular complexity index is 845. The second-order valence-electron chi connectivity index (χ2n) is 7.35. The monoisotopic (exact) mass is 458 g/mol. The van der Waals surface area contributed by atoms with Crippen molar-refractivity contribution in [1.29, 1.82) is 0 Å². The SMILES string of the molecule is CSCCC(NC(=O)COc1ccccc1)C(=O)NCc1ccc(N2CCOCC2)nc1. The number of nitrogens with zero attached hydrogens (tertiary/aromatic N) is 2. The van der Waals surface area contributed by atoms with E-state index in [1.165, 1.54) is 0 Å². The standard InChI is InChI=1S/C23H30N4O4S/c1-32-14-9-20(26-22(28)17-31-19-5-3-2-4-6-19)23(29)25-16-18-7-8-21(24-15-18)27-10-12-30-13-11-27/h2-8,15,20H,9-14,16-17H2,1H3,(H,25,29)(H,26,28). The number of carbonyl (C=O) groups is 2. The highest BCUT2D eigenvalue weighted by Gasteiger charge is 2.20. The van der Waals surface area contributed by atoms with Gasteiger partial charge in [-0.1, -0.05) is 24.3 Å². The molecule has 0 spiro atoms. The van der Waals surface area contributed by atoms with Crippen molar-refractivity contribution in [1.82, 2.24) is 15.6 Å². The third-order valence-corrected chi connectivity index (χ3v) is 5.63. The number of anilines is 1. The van der Waals surface area contributed by atoms with Crippen LogP contribution in [0.25, 0.3) is 0 Å². The average molecular weight is 459 g/mol. The number of carbonyl (C=O) groups excluding carboxylic acids is 2. The summed E-state index contributed by atoms with van der Waals surface area (Å²) in [6, 6.07) is 12.4. The van der Waals surface area contributed by atoms with Crippen molar-refractivity contribution < 1.29 is 19.1 Å². The first-order valence-electron chi connectivity index (χ1n) is 10.7. The van der Waals surface area contributed by atoms with E-state index in [0.29, 0.717) is 31.9 Å². The van der Waals surface area contributed by atoms with Crippen LogP contribution in [0.5, 0.6) is 5.75 Å². The number of benzene rings is 1. The molecule has 8 nitrogen and oxygen atoms in total. The van der Waals surface area contributed by atoms with Crippen LogP contribution in [0.4, 0.5) is 5.82 Å². The maximum atomic E-state index is 12.7. The Morgan fingerprint density at radius 3 is 2.66 bits per heavy atom. The largest absolute Gasteiger partial charge is 0.484 e. The van der Waals surface area contributed by atoms with Crippen molar-refractivity contribution >= 4 is 29.4 Å². The molecule has 1 unspecified atom stereocenters. The van der Waals surface area contributed by atoms with Crippen molar-refractivity contribution in [2.24, 2.45) is 0 Å². The maximum absolute atomic E-state index is 12.7. The van der Waals surface area contributed by atoms with Crippen molar-refractivity contribution in [2.45, 2.75) is 19.0 Å². The molecular formula is C23H30N4O4S. The first-order valence-corrected chi connectivity index (χ1v) is 12.1. The number of ether oxygens (including phenoxy) is 2. The van der Waals surface area contributed by atoms with Gasteiger partial charge in [-0.15, -0.1) is 0 Å². The highest BCUT2D eigenvalue weighted by atomic mass is 32.2. The van der Waals surface area contributed by atoms with Crippen LogP contribution in [0.3, 0.4) is 0 Å². The maximum Gasteiger partial charge on any atom is 0.258 e. The van der Waals surface area contributed by atoms with Gasteiger partial charge in [-0.05, 0) is 42.2 Å². The Balaban J connectivity index is 1.48. The highest BCUT2D eigenvalue weighted by Crippen LogP contribution is 2.13. The summed E-state index contributed by atoms with van der Waals surface area (Å²) >= 11 is 1.63. The first-order chi connectivity index (χ1) is 15.7. The van der Waals surface area contributed by atoms with Crippen LogP contribution >= 0.6 is 11.8 Å². The van der Waals surface area contributed by atoms with E-state index in [9.17, 15) is 9.59 Å². The molecule has 32 heavy (non-hydrogen) atoms. The summed E-state index contributed by atoms with van der Waals surface area (Å²) in [5.41, 5.74) is 0.901. The first kappa shape index (κ1) is 23.9. The quantitative estimate of drug-likeness (QED) is 0.531. The van der Waals surface area contributed by atoms with E-state index < -0.39 is 6.04 Å². The topological polar surface area (TPSA) is 92.8 Å². The lowest BCUT2D eigenvalue weighted by Gasteiger charge is -2.27. The number of rotatable bonds is 11. The number of thioether (sulfide) groups is 1. The number of pyridine rings is 1. The smallest absolute Gasteiger partial charge is 0.258 e. The summed E-state index contributed by atoms with van der Waals surface area (Å²) in [5, 5.41) is 5.70. The predicted octanol–water partition coefficient (Wildman–Crippen LogP) is 1.85. The van der Waals surface area contributed by atoms with E-state index in [1.807, 2.05) is 36.6 Å². The summed E-state index contributed by atoms with van der Waals surface area (Å²) in [6.07, 6.45) is 4.28. The molecule has 1 aliphatic heterocycles. The van der Waals surface area contributed by atoms with Gasteiger partial charge in [0.25, 0.3) is 5.91 Å². The van der Waals surface area contributed by atoms with Gasteiger partial charge < -0.3 is 25.0 Å². The average Bonchev–Trinajstić information content (AvgIpc) is 2.85. The number of hydrogen-bond donors (Lipinski definition) is 2. The molecule has 172 valence electrons. The minimum Gasteiger partial charge on any atom is -0.484 e. The molecule has 1 aliphatic rings. The minimum absolute atomic E-state index is 0.139. The molecule has 2 N–H and O–H groups in total. The summed E-state index contributed by atoms with van der Waals surface area (Å²) in [7, 11) is 0. The van der Waals surface area contributed by atoms with Gasteiger partial charge in [0.2, 0.25) is 5.91 Å². The fourth-order valence-electron chi connectivity index (χ4n) is 3.22. The zero-order valence-corrected chi connectivity index (χ0v) is 19.1. The zero-order chi connectivity index (χ0) is 22.6. The van der Waals surface area contributed by atoms with Crippen LogP contribution in [0.2, 0.25) is 0 Å². The van der Waals surface area contributed by atoms with E-state index in [-0.39, 0.29) is 18.4 Å². The molecule has 1 atom stereocenters. The number of morpholine rings is 1. The molecule has 1 fully saturated rings. The number of amides is 2. The zero-order valence-electron chi connectivity index (χ0n) is 18.3. The molecule has 2 amide bonds. The predicted molar refractivity (Wildman–Crippen MR) is 126 cm³/mol. The van der Waals surface area contributed by atoms with Gasteiger partial charge in [0.1, 0.15) is 17.6 Å². The Morgan fingerprint density at radius 1 is 1.19 bits per heavy atom. The Kier molecular flexibility index (Phi) is 9.64. The van der Waals surface area contributed by atoms with E-state index in [4.69, 9.17) is 9.47 Å². The van der Waals surface area contributed by atoms with Crippen LogP contribution in [-0.2, 0) is 20.9 Å².